The lowest BCUT2D eigenvalue weighted by molar-refractivity contribution is 0.811. The third-order valence-corrected chi connectivity index (χ3v) is 5.46. The summed E-state index contributed by atoms with van der Waals surface area (Å²) >= 11 is 1.91. The van der Waals surface area contributed by atoms with Gasteiger partial charge in [-0.15, -0.1) is 11.3 Å². The Labute approximate surface area is 131 Å². The summed E-state index contributed by atoms with van der Waals surface area (Å²) in [6, 6.07) is 8.90. The highest BCUT2D eigenvalue weighted by Gasteiger charge is 2.18. The fraction of sp³-hybridized carbons (Fsp3) is 0.500. The standard InChI is InChI=1S/C18H24N2S/c1-14-8-10-16(11-9-14)6-5-7-17-19-15(2)18(21-17)20-12-3-4-13-20/h8-11H,3-7,12-13H2,1-2H3. The van der Waals surface area contributed by atoms with Gasteiger partial charge in [-0.25, -0.2) is 4.98 Å². The molecule has 1 aliphatic heterocycles. The highest BCUT2D eigenvalue weighted by molar-refractivity contribution is 7.15. The van der Waals surface area contributed by atoms with Gasteiger partial charge in [-0.2, -0.15) is 0 Å². The molecular weight excluding hydrogens is 276 g/mol. The molecule has 0 saturated carbocycles. The summed E-state index contributed by atoms with van der Waals surface area (Å²) in [6.07, 6.45) is 6.11. The van der Waals surface area contributed by atoms with Crippen molar-refractivity contribution in [3.8, 4) is 0 Å². The van der Waals surface area contributed by atoms with Gasteiger partial charge in [0.2, 0.25) is 0 Å². The first-order valence-corrected chi connectivity index (χ1v) is 8.81. The fourth-order valence-corrected chi connectivity index (χ4v) is 4.12. The monoisotopic (exact) mass is 300 g/mol. The summed E-state index contributed by atoms with van der Waals surface area (Å²) in [6.45, 7) is 6.73. The van der Waals surface area contributed by atoms with Crippen LogP contribution in [0.15, 0.2) is 24.3 Å². The smallest absolute Gasteiger partial charge is 0.114 e. The Morgan fingerprint density at radius 2 is 1.76 bits per heavy atom. The maximum atomic E-state index is 4.78. The molecule has 0 bridgehead atoms. The number of aryl methyl sites for hydroxylation is 4. The number of thiazole rings is 1. The molecule has 0 aliphatic carbocycles. The second-order valence-corrected chi connectivity index (χ2v) is 7.09. The third-order valence-electron chi connectivity index (χ3n) is 4.19. The van der Waals surface area contributed by atoms with Crippen LogP contribution < -0.4 is 4.90 Å². The van der Waals surface area contributed by atoms with E-state index in [4.69, 9.17) is 4.98 Å². The molecule has 1 aromatic heterocycles. The van der Waals surface area contributed by atoms with Crippen LogP contribution in [0.25, 0.3) is 0 Å². The molecule has 1 aromatic carbocycles. The Morgan fingerprint density at radius 1 is 1.05 bits per heavy atom. The lowest BCUT2D eigenvalue weighted by Gasteiger charge is -2.14. The van der Waals surface area contributed by atoms with Crippen molar-refractivity contribution < 1.29 is 0 Å². The second kappa shape index (κ2) is 6.61. The molecule has 0 spiro atoms. The van der Waals surface area contributed by atoms with Crippen LogP contribution in [0.1, 0.15) is 41.1 Å². The Balaban J connectivity index is 1.55. The van der Waals surface area contributed by atoms with E-state index < -0.39 is 0 Å². The summed E-state index contributed by atoms with van der Waals surface area (Å²) in [4.78, 5) is 7.29. The molecule has 21 heavy (non-hydrogen) atoms. The second-order valence-electron chi connectivity index (χ2n) is 6.03. The molecule has 0 amide bonds. The molecule has 0 atom stereocenters. The van der Waals surface area contributed by atoms with Gasteiger partial charge in [0, 0.05) is 13.1 Å². The van der Waals surface area contributed by atoms with E-state index in [1.165, 1.54) is 59.2 Å². The zero-order chi connectivity index (χ0) is 14.7. The van der Waals surface area contributed by atoms with Crippen LogP contribution in [0.3, 0.4) is 0 Å². The van der Waals surface area contributed by atoms with Gasteiger partial charge in [0.05, 0.1) is 10.7 Å². The van der Waals surface area contributed by atoms with E-state index in [0.717, 1.165) is 12.8 Å². The molecule has 1 saturated heterocycles. The summed E-state index contributed by atoms with van der Waals surface area (Å²) in [7, 11) is 0. The van der Waals surface area contributed by atoms with Crippen LogP contribution in [-0.2, 0) is 12.8 Å². The quantitative estimate of drug-likeness (QED) is 0.806. The van der Waals surface area contributed by atoms with Crippen LogP contribution in [-0.4, -0.2) is 18.1 Å². The predicted molar refractivity (Wildman–Crippen MR) is 91.5 cm³/mol. The van der Waals surface area contributed by atoms with Crippen molar-refractivity contribution in [2.75, 3.05) is 18.0 Å². The molecule has 3 heteroatoms. The van der Waals surface area contributed by atoms with E-state index in [9.17, 15) is 0 Å². The number of rotatable bonds is 5. The first-order chi connectivity index (χ1) is 10.2. The number of anilines is 1. The Hall–Kier alpha value is -1.35. The Morgan fingerprint density at radius 3 is 2.48 bits per heavy atom. The number of nitrogens with zero attached hydrogens (tertiary/aromatic N) is 2. The van der Waals surface area contributed by atoms with Gasteiger partial charge in [-0.3, -0.25) is 0 Å². The van der Waals surface area contributed by atoms with E-state index in [1.54, 1.807) is 0 Å². The largest absolute Gasteiger partial charge is 0.362 e. The number of hydrogen-bond donors (Lipinski definition) is 0. The summed E-state index contributed by atoms with van der Waals surface area (Å²) in [5, 5.41) is 2.72. The van der Waals surface area contributed by atoms with Crippen molar-refractivity contribution >= 4 is 16.3 Å². The molecule has 112 valence electrons. The average molecular weight is 300 g/mol. The molecule has 0 unspecified atom stereocenters. The topological polar surface area (TPSA) is 16.1 Å². The predicted octanol–water partition coefficient (Wildman–Crippen LogP) is 4.54. The van der Waals surface area contributed by atoms with E-state index in [1.807, 2.05) is 11.3 Å². The molecule has 2 nitrogen and oxygen atoms in total. The minimum absolute atomic E-state index is 1.10. The lowest BCUT2D eigenvalue weighted by atomic mass is 10.1. The van der Waals surface area contributed by atoms with Crippen molar-refractivity contribution in [3.63, 3.8) is 0 Å². The highest BCUT2D eigenvalue weighted by atomic mass is 32.1. The highest BCUT2D eigenvalue weighted by Crippen LogP contribution is 2.31. The van der Waals surface area contributed by atoms with Crippen LogP contribution in [0.5, 0.6) is 0 Å². The SMILES string of the molecule is Cc1ccc(CCCc2nc(C)c(N3CCCC3)s2)cc1. The maximum absolute atomic E-state index is 4.78. The van der Waals surface area contributed by atoms with Crippen molar-refractivity contribution in [3.05, 3.63) is 46.1 Å². The fourth-order valence-electron chi connectivity index (χ4n) is 2.96. The molecular formula is C18H24N2S. The molecule has 0 radical (unpaired) electrons. The van der Waals surface area contributed by atoms with Gasteiger partial charge in [-0.1, -0.05) is 29.8 Å². The third kappa shape index (κ3) is 3.65. The van der Waals surface area contributed by atoms with Crippen LogP contribution in [0.4, 0.5) is 5.00 Å². The van der Waals surface area contributed by atoms with Crippen molar-refractivity contribution in [1.82, 2.24) is 4.98 Å². The van der Waals surface area contributed by atoms with E-state index in [0.29, 0.717) is 0 Å². The number of aromatic nitrogens is 1. The lowest BCUT2D eigenvalue weighted by Crippen LogP contribution is -2.16. The molecule has 3 rings (SSSR count). The zero-order valence-corrected chi connectivity index (χ0v) is 13.9. The minimum atomic E-state index is 1.10. The van der Waals surface area contributed by atoms with E-state index in [2.05, 4.69) is 43.0 Å². The van der Waals surface area contributed by atoms with Crippen LogP contribution >= 0.6 is 11.3 Å². The number of hydrogen-bond acceptors (Lipinski definition) is 3. The first kappa shape index (κ1) is 14.6. The summed E-state index contributed by atoms with van der Waals surface area (Å²) in [5.41, 5.74) is 4.01. The van der Waals surface area contributed by atoms with Gasteiger partial charge >= 0.3 is 0 Å². The van der Waals surface area contributed by atoms with Gasteiger partial charge in [0.1, 0.15) is 5.00 Å². The average Bonchev–Trinajstić information content (AvgIpc) is 3.10. The summed E-state index contributed by atoms with van der Waals surface area (Å²) < 4.78 is 0. The van der Waals surface area contributed by atoms with Crippen molar-refractivity contribution in [2.24, 2.45) is 0 Å². The molecule has 0 N–H and O–H groups in total. The molecule has 2 heterocycles. The van der Waals surface area contributed by atoms with Crippen molar-refractivity contribution in [1.29, 1.82) is 0 Å². The van der Waals surface area contributed by atoms with E-state index in [-0.39, 0.29) is 0 Å². The zero-order valence-electron chi connectivity index (χ0n) is 13.1. The molecule has 1 aliphatic rings. The normalized spacial score (nSPS) is 14.9. The first-order valence-electron chi connectivity index (χ1n) is 7.99. The molecule has 2 aromatic rings. The van der Waals surface area contributed by atoms with Gasteiger partial charge in [-0.05, 0) is 51.5 Å². The Kier molecular flexibility index (Phi) is 4.59. The van der Waals surface area contributed by atoms with Gasteiger partial charge < -0.3 is 4.90 Å². The molecule has 1 fully saturated rings. The van der Waals surface area contributed by atoms with Gasteiger partial charge in [0.25, 0.3) is 0 Å². The van der Waals surface area contributed by atoms with Crippen LogP contribution in [0.2, 0.25) is 0 Å². The summed E-state index contributed by atoms with van der Waals surface area (Å²) in [5.74, 6) is 0. The van der Waals surface area contributed by atoms with Gasteiger partial charge in [0.15, 0.2) is 0 Å². The Bertz CT molecular complexity index is 580. The minimum Gasteiger partial charge on any atom is -0.362 e. The number of benzene rings is 1. The van der Waals surface area contributed by atoms with Crippen molar-refractivity contribution in [2.45, 2.75) is 46.0 Å². The van der Waals surface area contributed by atoms with Crippen LogP contribution in [0, 0.1) is 13.8 Å². The van der Waals surface area contributed by atoms with E-state index >= 15 is 0 Å². The maximum Gasteiger partial charge on any atom is 0.114 e.